The molecule has 3 rings (SSSR count). The minimum Gasteiger partial charge on any atom is -0.472 e. The van der Waals surface area contributed by atoms with Crippen molar-refractivity contribution >= 4 is 11.6 Å². The van der Waals surface area contributed by atoms with Crippen LogP contribution in [0.2, 0.25) is 0 Å². The van der Waals surface area contributed by atoms with E-state index in [9.17, 15) is 0 Å². The summed E-state index contributed by atoms with van der Waals surface area (Å²) in [6, 6.07) is 5.70. The van der Waals surface area contributed by atoms with Gasteiger partial charge in [0.05, 0.1) is 6.54 Å². The molecule has 1 fully saturated rings. The Morgan fingerprint density at radius 3 is 2.95 bits per heavy atom. The summed E-state index contributed by atoms with van der Waals surface area (Å²) in [4.78, 5) is 15.2. The molecule has 0 saturated carbocycles. The van der Waals surface area contributed by atoms with Gasteiger partial charge in [0.1, 0.15) is 6.10 Å². The lowest BCUT2D eigenvalue weighted by Gasteiger charge is -2.20. The van der Waals surface area contributed by atoms with Crippen molar-refractivity contribution in [2.75, 3.05) is 29.9 Å². The molecule has 3 heterocycles. The van der Waals surface area contributed by atoms with E-state index < -0.39 is 0 Å². The number of nitrogens with one attached hydrogen (secondary N) is 1. The summed E-state index contributed by atoms with van der Waals surface area (Å²) in [6.45, 7) is 4.59. The molecule has 21 heavy (non-hydrogen) atoms. The summed E-state index contributed by atoms with van der Waals surface area (Å²) in [5.41, 5.74) is 0. The molecule has 1 unspecified atom stereocenters. The maximum atomic E-state index is 5.91. The van der Waals surface area contributed by atoms with Crippen LogP contribution in [0.1, 0.15) is 13.3 Å². The van der Waals surface area contributed by atoms with Crippen LogP contribution < -0.4 is 15.0 Å². The molecule has 110 valence electrons. The highest BCUT2D eigenvalue weighted by molar-refractivity contribution is 5.61. The number of pyridine rings is 1. The van der Waals surface area contributed by atoms with Crippen LogP contribution >= 0.6 is 0 Å². The molecule has 6 heteroatoms. The van der Waals surface area contributed by atoms with Gasteiger partial charge in [0, 0.05) is 44.2 Å². The van der Waals surface area contributed by atoms with Gasteiger partial charge in [-0.3, -0.25) is 0 Å². The summed E-state index contributed by atoms with van der Waals surface area (Å²) in [7, 11) is 0. The molecule has 0 bridgehead atoms. The standard InChI is InChI=1S/C15H19N5O/c1-2-16-14-15(19-9-8-18-14)20-10-6-12(11-20)21-13-5-3-4-7-17-13/h3-5,7-9,12H,2,6,10-11H2,1H3,(H,16,18). The molecule has 2 aromatic rings. The number of aromatic nitrogens is 3. The second kappa shape index (κ2) is 6.39. The Bertz CT molecular complexity index is 577. The minimum absolute atomic E-state index is 0.136. The molecule has 1 aliphatic rings. The van der Waals surface area contributed by atoms with Crippen LogP contribution in [0.15, 0.2) is 36.8 Å². The highest BCUT2D eigenvalue weighted by atomic mass is 16.5. The van der Waals surface area contributed by atoms with Gasteiger partial charge in [-0.15, -0.1) is 0 Å². The number of anilines is 2. The van der Waals surface area contributed by atoms with Gasteiger partial charge in [0.15, 0.2) is 11.6 Å². The van der Waals surface area contributed by atoms with E-state index >= 15 is 0 Å². The van der Waals surface area contributed by atoms with Crippen LogP contribution in [0.25, 0.3) is 0 Å². The summed E-state index contributed by atoms with van der Waals surface area (Å²) in [6.07, 6.45) is 6.27. The van der Waals surface area contributed by atoms with Gasteiger partial charge in [-0.2, -0.15) is 0 Å². The number of hydrogen-bond donors (Lipinski definition) is 1. The van der Waals surface area contributed by atoms with E-state index in [-0.39, 0.29) is 6.10 Å². The van der Waals surface area contributed by atoms with Crippen molar-refractivity contribution in [2.24, 2.45) is 0 Å². The quantitative estimate of drug-likeness (QED) is 0.906. The van der Waals surface area contributed by atoms with Crippen LogP contribution in [0.3, 0.4) is 0 Å². The van der Waals surface area contributed by atoms with Gasteiger partial charge in [-0.05, 0) is 13.0 Å². The summed E-state index contributed by atoms with van der Waals surface area (Å²) in [5, 5.41) is 3.25. The zero-order chi connectivity index (χ0) is 14.5. The molecule has 0 radical (unpaired) electrons. The molecule has 1 saturated heterocycles. The third-order valence-corrected chi connectivity index (χ3v) is 3.39. The third-order valence-electron chi connectivity index (χ3n) is 3.39. The zero-order valence-corrected chi connectivity index (χ0v) is 12.1. The van der Waals surface area contributed by atoms with Crippen LogP contribution in [-0.4, -0.2) is 40.7 Å². The first-order valence-corrected chi connectivity index (χ1v) is 7.24. The average molecular weight is 285 g/mol. The topological polar surface area (TPSA) is 63.2 Å². The predicted molar refractivity (Wildman–Crippen MR) is 81.7 cm³/mol. The molecular weight excluding hydrogens is 266 g/mol. The molecular formula is C15H19N5O. The summed E-state index contributed by atoms with van der Waals surface area (Å²) >= 11 is 0. The lowest BCUT2D eigenvalue weighted by Crippen LogP contribution is -2.26. The molecule has 0 amide bonds. The smallest absolute Gasteiger partial charge is 0.213 e. The zero-order valence-electron chi connectivity index (χ0n) is 12.1. The predicted octanol–water partition coefficient (Wildman–Crippen LogP) is 1.96. The SMILES string of the molecule is CCNc1nccnc1N1CCC(Oc2ccccn2)C1. The number of hydrogen-bond acceptors (Lipinski definition) is 6. The maximum Gasteiger partial charge on any atom is 0.213 e. The van der Waals surface area contributed by atoms with Crippen molar-refractivity contribution in [3.8, 4) is 5.88 Å². The van der Waals surface area contributed by atoms with Crippen LogP contribution in [0.5, 0.6) is 5.88 Å². The van der Waals surface area contributed by atoms with Gasteiger partial charge in [0.2, 0.25) is 5.88 Å². The van der Waals surface area contributed by atoms with Crippen molar-refractivity contribution in [3.63, 3.8) is 0 Å². The molecule has 0 aromatic carbocycles. The largest absolute Gasteiger partial charge is 0.472 e. The highest BCUT2D eigenvalue weighted by Gasteiger charge is 2.27. The third kappa shape index (κ3) is 3.21. The van der Waals surface area contributed by atoms with Gasteiger partial charge in [-0.1, -0.05) is 6.07 Å². The summed E-state index contributed by atoms with van der Waals surface area (Å²) in [5.74, 6) is 2.40. The van der Waals surface area contributed by atoms with E-state index in [1.54, 1.807) is 18.6 Å². The summed E-state index contributed by atoms with van der Waals surface area (Å²) < 4.78 is 5.91. The first-order chi connectivity index (χ1) is 10.4. The van der Waals surface area contributed by atoms with E-state index in [2.05, 4.69) is 32.1 Å². The second-order valence-electron chi connectivity index (χ2n) is 4.90. The van der Waals surface area contributed by atoms with Crippen molar-refractivity contribution in [3.05, 3.63) is 36.8 Å². The van der Waals surface area contributed by atoms with E-state index in [4.69, 9.17) is 4.74 Å². The fraction of sp³-hybridized carbons (Fsp3) is 0.400. The van der Waals surface area contributed by atoms with Crippen LogP contribution in [0.4, 0.5) is 11.6 Å². The van der Waals surface area contributed by atoms with Crippen molar-refractivity contribution in [1.29, 1.82) is 0 Å². The molecule has 2 aromatic heterocycles. The van der Waals surface area contributed by atoms with Crippen molar-refractivity contribution in [2.45, 2.75) is 19.4 Å². The molecule has 0 spiro atoms. The molecule has 0 aliphatic carbocycles. The average Bonchev–Trinajstić information content (AvgIpc) is 2.97. The Hall–Kier alpha value is -2.37. The van der Waals surface area contributed by atoms with E-state index in [0.29, 0.717) is 5.88 Å². The van der Waals surface area contributed by atoms with Gasteiger partial charge in [-0.25, -0.2) is 15.0 Å². The van der Waals surface area contributed by atoms with E-state index in [1.807, 2.05) is 18.2 Å². The van der Waals surface area contributed by atoms with Crippen molar-refractivity contribution in [1.82, 2.24) is 15.0 Å². The molecule has 6 nitrogen and oxygen atoms in total. The first-order valence-electron chi connectivity index (χ1n) is 7.24. The van der Waals surface area contributed by atoms with Crippen molar-refractivity contribution < 1.29 is 4.74 Å². The first kappa shape index (κ1) is 13.6. The molecule has 1 N–H and O–H groups in total. The number of rotatable bonds is 5. The Kier molecular flexibility index (Phi) is 4.14. The maximum absolute atomic E-state index is 5.91. The Labute approximate surface area is 124 Å². The Morgan fingerprint density at radius 1 is 1.24 bits per heavy atom. The van der Waals surface area contributed by atoms with E-state index in [0.717, 1.165) is 37.7 Å². The monoisotopic (exact) mass is 285 g/mol. The normalized spacial score (nSPS) is 17.8. The molecule has 1 atom stereocenters. The van der Waals surface area contributed by atoms with Gasteiger partial charge >= 0.3 is 0 Å². The Balaban J connectivity index is 1.67. The number of ether oxygens (including phenoxy) is 1. The van der Waals surface area contributed by atoms with Crippen LogP contribution in [-0.2, 0) is 0 Å². The lowest BCUT2D eigenvalue weighted by molar-refractivity contribution is 0.216. The van der Waals surface area contributed by atoms with E-state index in [1.165, 1.54) is 0 Å². The molecule has 1 aliphatic heterocycles. The van der Waals surface area contributed by atoms with Crippen LogP contribution in [0, 0.1) is 0 Å². The van der Waals surface area contributed by atoms with Gasteiger partial charge < -0.3 is 15.0 Å². The second-order valence-corrected chi connectivity index (χ2v) is 4.90. The number of nitrogens with zero attached hydrogens (tertiary/aromatic N) is 4. The highest BCUT2D eigenvalue weighted by Crippen LogP contribution is 2.25. The fourth-order valence-electron chi connectivity index (χ4n) is 2.46. The fourth-order valence-corrected chi connectivity index (χ4v) is 2.46. The minimum atomic E-state index is 0.136. The van der Waals surface area contributed by atoms with Gasteiger partial charge in [0.25, 0.3) is 0 Å². The Morgan fingerprint density at radius 2 is 2.14 bits per heavy atom. The lowest BCUT2D eigenvalue weighted by atomic mass is 10.3.